The second-order valence-electron chi connectivity index (χ2n) is 8.01. The molecule has 1 aliphatic heterocycles. The molecule has 1 heterocycles. The predicted molar refractivity (Wildman–Crippen MR) is 100 cm³/mol. The lowest BCUT2D eigenvalue weighted by Gasteiger charge is -2.42. The highest BCUT2D eigenvalue weighted by molar-refractivity contribution is 5.95. The first-order valence-electron chi connectivity index (χ1n) is 9.10. The minimum Gasteiger partial charge on any atom is -0.493 e. The average Bonchev–Trinajstić information content (AvgIpc) is 2.56. The van der Waals surface area contributed by atoms with Crippen molar-refractivity contribution in [2.24, 2.45) is 17.1 Å². The third-order valence-corrected chi connectivity index (χ3v) is 4.96. The van der Waals surface area contributed by atoms with Crippen molar-refractivity contribution < 1.29 is 14.3 Å². The van der Waals surface area contributed by atoms with Crippen molar-refractivity contribution in [3.05, 3.63) is 23.8 Å². The third-order valence-electron chi connectivity index (χ3n) is 4.96. The predicted octanol–water partition coefficient (Wildman–Crippen LogP) is 3.32. The lowest BCUT2D eigenvalue weighted by atomic mass is 9.79. The van der Waals surface area contributed by atoms with Crippen molar-refractivity contribution in [3.63, 3.8) is 0 Å². The molecule has 1 aliphatic rings. The highest BCUT2D eigenvalue weighted by atomic mass is 16.5. The molecule has 5 heteroatoms. The molecule has 0 spiro atoms. The molecule has 5 nitrogen and oxygen atoms in total. The molecule has 1 aromatic rings. The molecule has 140 valence electrons. The second-order valence-corrected chi connectivity index (χ2v) is 8.01. The van der Waals surface area contributed by atoms with Gasteiger partial charge in [0.05, 0.1) is 13.7 Å². The van der Waals surface area contributed by atoms with Crippen molar-refractivity contribution >= 4 is 5.91 Å². The Bertz CT molecular complexity index is 599. The summed E-state index contributed by atoms with van der Waals surface area (Å²) in [5, 5.41) is 0. The molecular weight excluding hydrogens is 316 g/mol. The molecule has 0 saturated carbocycles. The summed E-state index contributed by atoms with van der Waals surface area (Å²) in [6.07, 6.45) is 1.80. The van der Waals surface area contributed by atoms with Crippen molar-refractivity contribution in [1.29, 1.82) is 0 Å². The van der Waals surface area contributed by atoms with Crippen LogP contribution in [0.15, 0.2) is 18.2 Å². The van der Waals surface area contributed by atoms with Gasteiger partial charge >= 0.3 is 0 Å². The number of rotatable bonds is 6. The normalized spacial score (nSPS) is 19.8. The summed E-state index contributed by atoms with van der Waals surface area (Å²) in [6.45, 7) is 10.6. The zero-order valence-corrected chi connectivity index (χ0v) is 16.2. The number of carbonyl (C=O) groups excluding carboxylic acids is 1. The van der Waals surface area contributed by atoms with Crippen LogP contribution in [0.3, 0.4) is 0 Å². The smallest absolute Gasteiger partial charge is 0.254 e. The fourth-order valence-electron chi connectivity index (χ4n) is 3.05. The average molecular weight is 348 g/mol. The molecule has 2 rings (SSSR count). The Morgan fingerprint density at radius 3 is 2.68 bits per heavy atom. The Hall–Kier alpha value is -1.75. The van der Waals surface area contributed by atoms with Crippen LogP contribution in [-0.4, -0.2) is 43.7 Å². The van der Waals surface area contributed by atoms with Crippen LogP contribution in [0.5, 0.6) is 11.5 Å². The van der Waals surface area contributed by atoms with E-state index in [1.54, 1.807) is 13.2 Å². The molecule has 1 atom stereocenters. The van der Waals surface area contributed by atoms with Crippen molar-refractivity contribution in [2.75, 3.05) is 26.8 Å². The summed E-state index contributed by atoms with van der Waals surface area (Å²) in [4.78, 5) is 14.8. The fourth-order valence-corrected chi connectivity index (χ4v) is 3.05. The van der Waals surface area contributed by atoms with E-state index in [4.69, 9.17) is 15.2 Å². The topological polar surface area (TPSA) is 64.8 Å². The van der Waals surface area contributed by atoms with E-state index >= 15 is 0 Å². The number of ether oxygens (including phenoxy) is 2. The largest absolute Gasteiger partial charge is 0.493 e. The van der Waals surface area contributed by atoms with E-state index in [0.717, 1.165) is 12.8 Å². The number of hydrogen-bond donors (Lipinski definition) is 1. The number of methoxy groups -OCH3 is 1. The van der Waals surface area contributed by atoms with Crippen LogP contribution >= 0.6 is 0 Å². The number of amides is 1. The summed E-state index contributed by atoms with van der Waals surface area (Å²) in [5.41, 5.74) is 6.73. The summed E-state index contributed by atoms with van der Waals surface area (Å²) >= 11 is 0. The molecule has 1 amide bonds. The van der Waals surface area contributed by atoms with Gasteiger partial charge in [0.2, 0.25) is 0 Å². The van der Waals surface area contributed by atoms with Crippen LogP contribution in [0, 0.1) is 11.3 Å². The lowest BCUT2D eigenvalue weighted by molar-refractivity contribution is 0.0532. The van der Waals surface area contributed by atoms with Crippen molar-refractivity contribution in [2.45, 2.75) is 46.6 Å². The highest BCUT2D eigenvalue weighted by Crippen LogP contribution is 2.31. The first-order chi connectivity index (χ1) is 11.7. The lowest BCUT2D eigenvalue weighted by Crippen LogP contribution is -2.53. The van der Waals surface area contributed by atoms with Crippen LogP contribution in [0.1, 0.15) is 50.9 Å². The number of carbonyl (C=O) groups is 1. The van der Waals surface area contributed by atoms with E-state index in [1.165, 1.54) is 0 Å². The van der Waals surface area contributed by atoms with Gasteiger partial charge in [-0.15, -0.1) is 0 Å². The number of nitrogens with two attached hydrogens (primary N) is 1. The van der Waals surface area contributed by atoms with Gasteiger partial charge in [0, 0.05) is 24.7 Å². The molecular formula is C20H32N2O3. The maximum Gasteiger partial charge on any atom is 0.254 e. The number of benzene rings is 1. The van der Waals surface area contributed by atoms with E-state index in [0.29, 0.717) is 42.7 Å². The molecule has 0 aliphatic carbocycles. The number of likely N-dealkylation sites (tertiary alicyclic amines) is 1. The van der Waals surface area contributed by atoms with Gasteiger partial charge in [0.25, 0.3) is 5.91 Å². The summed E-state index contributed by atoms with van der Waals surface area (Å²) < 4.78 is 11.2. The quantitative estimate of drug-likeness (QED) is 0.856. The van der Waals surface area contributed by atoms with Crippen LogP contribution < -0.4 is 15.2 Å². The Kier molecular flexibility index (Phi) is 6.33. The Morgan fingerprint density at radius 1 is 1.36 bits per heavy atom. The number of hydrogen-bond acceptors (Lipinski definition) is 4. The molecule has 1 saturated heterocycles. The van der Waals surface area contributed by atoms with E-state index in [1.807, 2.05) is 17.0 Å². The minimum absolute atomic E-state index is 0.0204. The molecule has 2 N–H and O–H groups in total. The van der Waals surface area contributed by atoms with Gasteiger partial charge in [0.15, 0.2) is 11.5 Å². The van der Waals surface area contributed by atoms with Gasteiger partial charge in [-0.25, -0.2) is 0 Å². The Labute approximate surface area is 151 Å². The van der Waals surface area contributed by atoms with Crippen molar-refractivity contribution in [3.8, 4) is 11.5 Å². The molecule has 25 heavy (non-hydrogen) atoms. The standard InChI is InChI=1S/C20H32N2O3/c1-14(2)9-11-25-16-7-6-15(12-17(16)24-5)19(23)22-10-8-18(21)20(3,4)13-22/h6-7,12,14,18H,8-11,13,21H2,1-5H3. The molecule has 0 radical (unpaired) electrons. The van der Waals surface area contributed by atoms with Gasteiger partial charge < -0.3 is 20.1 Å². The highest BCUT2D eigenvalue weighted by Gasteiger charge is 2.35. The zero-order valence-electron chi connectivity index (χ0n) is 16.2. The first kappa shape index (κ1) is 19.6. The van der Waals surface area contributed by atoms with E-state index in [9.17, 15) is 4.79 Å². The maximum absolute atomic E-state index is 12.9. The third kappa shape index (κ3) is 4.88. The van der Waals surface area contributed by atoms with E-state index in [-0.39, 0.29) is 17.4 Å². The Morgan fingerprint density at radius 2 is 2.08 bits per heavy atom. The van der Waals surface area contributed by atoms with Gasteiger partial charge in [-0.2, -0.15) is 0 Å². The summed E-state index contributed by atoms with van der Waals surface area (Å²) in [6, 6.07) is 5.54. The van der Waals surface area contributed by atoms with Crippen molar-refractivity contribution in [1.82, 2.24) is 4.90 Å². The monoisotopic (exact) mass is 348 g/mol. The van der Waals surface area contributed by atoms with Gasteiger partial charge in [-0.3, -0.25) is 4.79 Å². The van der Waals surface area contributed by atoms with Gasteiger partial charge in [0.1, 0.15) is 0 Å². The SMILES string of the molecule is COc1cc(C(=O)N2CCC(N)C(C)(C)C2)ccc1OCCC(C)C. The van der Waals surface area contributed by atoms with Gasteiger partial charge in [-0.05, 0) is 42.4 Å². The fraction of sp³-hybridized carbons (Fsp3) is 0.650. The summed E-state index contributed by atoms with van der Waals surface area (Å²) in [7, 11) is 1.60. The number of nitrogens with zero attached hydrogens (tertiary/aromatic N) is 1. The molecule has 1 aromatic carbocycles. The zero-order chi connectivity index (χ0) is 18.6. The van der Waals surface area contributed by atoms with Crippen LogP contribution in [0.25, 0.3) is 0 Å². The van der Waals surface area contributed by atoms with Crippen LogP contribution in [0.2, 0.25) is 0 Å². The molecule has 0 bridgehead atoms. The molecule has 1 fully saturated rings. The minimum atomic E-state index is -0.0715. The van der Waals surface area contributed by atoms with E-state index < -0.39 is 0 Å². The summed E-state index contributed by atoms with van der Waals surface area (Å²) in [5.74, 6) is 1.89. The Balaban J connectivity index is 2.10. The first-order valence-corrected chi connectivity index (χ1v) is 9.10. The second kappa shape index (κ2) is 8.09. The maximum atomic E-state index is 12.9. The van der Waals surface area contributed by atoms with Gasteiger partial charge in [-0.1, -0.05) is 27.7 Å². The van der Waals surface area contributed by atoms with E-state index in [2.05, 4.69) is 27.7 Å². The van der Waals surface area contributed by atoms with Crippen LogP contribution in [-0.2, 0) is 0 Å². The number of piperidine rings is 1. The van der Waals surface area contributed by atoms with Crippen LogP contribution in [0.4, 0.5) is 0 Å². The molecule has 0 aromatic heterocycles. The molecule has 1 unspecified atom stereocenters.